The first kappa shape index (κ1) is 31.4. The molecule has 0 saturated carbocycles. The normalized spacial score (nSPS) is 13.3. The first-order valence-electron chi connectivity index (χ1n) is 19.6. The molecule has 56 heavy (non-hydrogen) atoms. The standard InChI is InChI=1S/C55H36O/c1-55(2)48-29-28-46-41-26-25-39(32-49(41)56-54(46)52(48)47-27-24-34-14-6-7-15-40(34)53(47)55)51-44-18-10-8-16-42(44)50(43-17-9-11-19-45(43)51)38-23-22-36-30-35(20-21-37(36)31-38)33-12-4-3-5-13-33/h3-32H,1-2H3. The Labute approximate surface area is 325 Å². The number of furan rings is 1. The fourth-order valence-electron chi connectivity index (χ4n) is 10.0. The molecule has 1 aromatic heterocycles. The van der Waals surface area contributed by atoms with Crippen molar-refractivity contribution in [1.29, 1.82) is 0 Å². The van der Waals surface area contributed by atoms with Crippen LogP contribution < -0.4 is 0 Å². The van der Waals surface area contributed by atoms with Crippen molar-refractivity contribution in [3.63, 3.8) is 0 Å². The molecule has 0 bridgehead atoms. The lowest BCUT2D eigenvalue weighted by molar-refractivity contribution is 0.656. The highest BCUT2D eigenvalue weighted by Crippen LogP contribution is 2.55. The summed E-state index contributed by atoms with van der Waals surface area (Å²) in [6.45, 7) is 4.71. The van der Waals surface area contributed by atoms with Gasteiger partial charge in [-0.25, -0.2) is 0 Å². The van der Waals surface area contributed by atoms with Crippen LogP contribution in [0.3, 0.4) is 0 Å². The summed E-state index contributed by atoms with van der Waals surface area (Å²) in [5.74, 6) is 0. The first-order chi connectivity index (χ1) is 27.5. The molecule has 1 heterocycles. The highest BCUT2D eigenvalue weighted by molar-refractivity contribution is 6.22. The van der Waals surface area contributed by atoms with Crippen LogP contribution in [0.15, 0.2) is 186 Å². The molecule has 10 aromatic carbocycles. The quantitative estimate of drug-likeness (QED) is 0.166. The fourth-order valence-corrected chi connectivity index (χ4v) is 10.0. The van der Waals surface area contributed by atoms with Gasteiger partial charge in [-0.15, -0.1) is 0 Å². The van der Waals surface area contributed by atoms with Crippen molar-refractivity contribution < 1.29 is 4.42 Å². The van der Waals surface area contributed by atoms with Gasteiger partial charge in [0.2, 0.25) is 0 Å². The molecule has 0 atom stereocenters. The maximum atomic E-state index is 7.01. The van der Waals surface area contributed by atoms with Gasteiger partial charge in [-0.2, -0.15) is 0 Å². The lowest BCUT2D eigenvalue weighted by atomic mass is 9.80. The summed E-state index contributed by atoms with van der Waals surface area (Å²) >= 11 is 0. The predicted molar refractivity (Wildman–Crippen MR) is 238 cm³/mol. The second-order valence-electron chi connectivity index (χ2n) is 16.0. The van der Waals surface area contributed by atoms with E-state index in [0.29, 0.717) is 0 Å². The van der Waals surface area contributed by atoms with Crippen molar-refractivity contribution in [2.24, 2.45) is 0 Å². The van der Waals surface area contributed by atoms with Crippen molar-refractivity contribution >= 4 is 65.0 Å². The lowest BCUT2D eigenvalue weighted by Gasteiger charge is -2.23. The summed E-state index contributed by atoms with van der Waals surface area (Å²) in [7, 11) is 0. The van der Waals surface area contributed by atoms with Gasteiger partial charge < -0.3 is 4.42 Å². The van der Waals surface area contributed by atoms with E-state index >= 15 is 0 Å². The van der Waals surface area contributed by atoms with E-state index in [1.165, 1.54) is 98.5 Å². The van der Waals surface area contributed by atoms with Crippen LogP contribution in [-0.4, -0.2) is 0 Å². The zero-order chi connectivity index (χ0) is 37.1. The van der Waals surface area contributed by atoms with Gasteiger partial charge in [-0.1, -0.05) is 172 Å². The largest absolute Gasteiger partial charge is 0.455 e. The van der Waals surface area contributed by atoms with E-state index in [0.717, 1.165) is 22.1 Å². The second-order valence-corrected chi connectivity index (χ2v) is 16.0. The second kappa shape index (κ2) is 11.5. The van der Waals surface area contributed by atoms with Gasteiger partial charge in [0.25, 0.3) is 0 Å². The van der Waals surface area contributed by atoms with E-state index in [-0.39, 0.29) is 5.41 Å². The third kappa shape index (κ3) is 4.37. The van der Waals surface area contributed by atoms with Crippen molar-refractivity contribution in [1.82, 2.24) is 0 Å². The van der Waals surface area contributed by atoms with E-state index in [9.17, 15) is 0 Å². The first-order valence-corrected chi connectivity index (χ1v) is 19.6. The van der Waals surface area contributed by atoms with Crippen LogP contribution in [0.2, 0.25) is 0 Å². The maximum absolute atomic E-state index is 7.01. The summed E-state index contributed by atoms with van der Waals surface area (Å²) in [6, 6.07) is 67.0. The highest BCUT2D eigenvalue weighted by atomic mass is 16.3. The Morgan fingerprint density at radius 2 is 0.893 bits per heavy atom. The van der Waals surface area contributed by atoms with Gasteiger partial charge in [0.15, 0.2) is 0 Å². The SMILES string of the molecule is CC1(C)c2ccc3c(oc4cc(-c5c6ccccc6c(-c6ccc7cc(-c8ccccc8)ccc7c6)c6ccccc56)ccc43)c2-c2ccc3ccccc3c21. The van der Waals surface area contributed by atoms with Crippen LogP contribution >= 0.6 is 0 Å². The third-order valence-corrected chi connectivity index (χ3v) is 12.6. The van der Waals surface area contributed by atoms with Gasteiger partial charge in [0.1, 0.15) is 11.2 Å². The van der Waals surface area contributed by atoms with E-state index < -0.39 is 0 Å². The molecule has 1 nitrogen and oxygen atoms in total. The summed E-state index contributed by atoms with van der Waals surface area (Å²) in [6.07, 6.45) is 0. The molecular formula is C55H36O. The zero-order valence-electron chi connectivity index (χ0n) is 31.2. The number of benzene rings is 10. The van der Waals surface area contributed by atoms with E-state index in [1.807, 2.05) is 0 Å². The number of hydrogen-bond acceptors (Lipinski definition) is 1. The van der Waals surface area contributed by atoms with Gasteiger partial charge in [-0.3, -0.25) is 0 Å². The van der Waals surface area contributed by atoms with Crippen LogP contribution in [0.4, 0.5) is 0 Å². The van der Waals surface area contributed by atoms with Crippen LogP contribution in [-0.2, 0) is 5.41 Å². The minimum absolute atomic E-state index is 0.139. The molecular weight excluding hydrogens is 677 g/mol. The topological polar surface area (TPSA) is 13.1 Å². The Bertz CT molecular complexity index is 3380. The molecule has 0 N–H and O–H groups in total. The minimum Gasteiger partial charge on any atom is -0.455 e. The summed E-state index contributed by atoms with van der Waals surface area (Å²) < 4.78 is 7.01. The Kier molecular flexibility index (Phi) is 6.46. The van der Waals surface area contributed by atoms with Crippen LogP contribution in [0, 0.1) is 0 Å². The highest BCUT2D eigenvalue weighted by Gasteiger charge is 2.39. The average Bonchev–Trinajstić information content (AvgIpc) is 3.74. The molecule has 11 aromatic rings. The molecule has 1 aliphatic carbocycles. The molecule has 0 spiro atoms. The van der Waals surface area contributed by atoms with E-state index in [1.54, 1.807) is 0 Å². The molecule has 262 valence electrons. The smallest absolute Gasteiger partial charge is 0.143 e. The molecule has 0 aliphatic heterocycles. The van der Waals surface area contributed by atoms with E-state index in [2.05, 4.69) is 196 Å². The van der Waals surface area contributed by atoms with Crippen molar-refractivity contribution in [2.75, 3.05) is 0 Å². The van der Waals surface area contributed by atoms with Crippen molar-refractivity contribution in [3.05, 3.63) is 193 Å². The lowest BCUT2D eigenvalue weighted by Crippen LogP contribution is -2.15. The predicted octanol–water partition coefficient (Wildman–Crippen LogP) is 15.5. The van der Waals surface area contributed by atoms with Gasteiger partial charge in [-0.05, 0) is 117 Å². The van der Waals surface area contributed by atoms with Gasteiger partial charge in [0.05, 0.1) is 0 Å². The number of rotatable bonds is 3. The monoisotopic (exact) mass is 712 g/mol. The molecule has 0 fully saturated rings. The molecule has 12 rings (SSSR count). The summed E-state index contributed by atoms with van der Waals surface area (Å²) in [5.41, 5.74) is 14.3. The van der Waals surface area contributed by atoms with E-state index in [4.69, 9.17) is 4.42 Å². The average molecular weight is 713 g/mol. The van der Waals surface area contributed by atoms with Crippen molar-refractivity contribution in [3.8, 4) is 44.5 Å². The molecule has 0 radical (unpaired) electrons. The molecule has 1 heteroatoms. The zero-order valence-corrected chi connectivity index (χ0v) is 31.2. The summed E-state index contributed by atoms with van der Waals surface area (Å²) in [5, 5.41) is 12.4. The minimum atomic E-state index is -0.139. The van der Waals surface area contributed by atoms with Gasteiger partial charge in [0, 0.05) is 21.8 Å². The number of fused-ring (bicyclic) bond motifs is 12. The maximum Gasteiger partial charge on any atom is 0.143 e. The van der Waals surface area contributed by atoms with Crippen LogP contribution in [0.25, 0.3) is 110 Å². The Balaban J connectivity index is 1.05. The van der Waals surface area contributed by atoms with Crippen LogP contribution in [0.1, 0.15) is 25.0 Å². The number of hydrogen-bond donors (Lipinski definition) is 0. The molecule has 1 aliphatic rings. The molecule has 0 amide bonds. The van der Waals surface area contributed by atoms with Crippen LogP contribution in [0.5, 0.6) is 0 Å². The third-order valence-electron chi connectivity index (χ3n) is 12.6. The Morgan fingerprint density at radius 3 is 1.59 bits per heavy atom. The molecule has 0 unspecified atom stereocenters. The van der Waals surface area contributed by atoms with Gasteiger partial charge >= 0.3 is 0 Å². The Morgan fingerprint density at radius 1 is 0.357 bits per heavy atom. The molecule has 0 saturated heterocycles. The summed E-state index contributed by atoms with van der Waals surface area (Å²) in [4.78, 5) is 0. The fraction of sp³-hybridized carbons (Fsp3) is 0.0545. The Hall–Kier alpha value is -6.96. The van der Waals surface area contributed by atoms with Crippen molar-refractivity contribution in [2.45, 2.75) is 19.3 Å².